The highest BCUT2D eigenvalue weighted by Crippen LogP contribution is 2.18. The van der Waals surface area contributed by atoms with Crippen LogP contribution in [-0.2, 0) is 10.0 Å². The van der Waals surface area contributed by atoms with Crippen molar-refractivity contribution in [2.45, 2.75) is 18.7 Å². The molecular weight excluding hydrogens is 267 g/mol. The quantitative estimate of drug-likeness (QED) is 0.457. The largest absolute Gasteiger partial charge is 0.329 e. The summed E-state index contributed by atoms with van der Waals surface area (Å²) in [7, 11) is -3.88. The number of nitrogens with two attached hydrogens (primary N) is 1. The van der Waals surface area contributed by atoms with E-state index in [0.717, 1.165) is 0 Å². The molecule has 0 fully saturated rings. The van der Waals surface area contributed by atoms with Crippen LogP contribution in [0.3, 0.4) is 0 Å². The summed E-state index contributed by atoms with van der Waals surface area (Å²) in [5.41, 5.74) is 5.76. The van der Waals surface area contributed by atoms with Gasteiger partial charge in [0.05, 0.1) is 0 Å². The molecule has 94 valence electrons. The fourth-order valence-electron chi connectivity index (χ4n) is 1.35. The van der Waals surface area contributed by atoms with Gasteiger partial charge < -0.3 is 0 Å². The Morgan fingerprint density at radius 3 is 2.59 bits per heavy atom. The maximum Gasteiger partial charge on any atom is 0.329 e. The lowest BCUT2D eigenvalue weighted by Crippen LogP contribution is -2.79. The highest BCUT2D eigenvalue weighted by Gasteiger charge is 2.21. The second-order valence-electron chi connectivity index (χ2n) is 3.58. The molecule has 0 amide bonds. The van der Waals surface area contributed by atoms with Crippen LogP contribution in [0.4, 0.5) is 4.39 Å². The monoisotopic (exact) mass is 279 g/mol. The van der Waals surface area contributed by atoms with Gasteiger partial charge in [-0.05, 0) is 25.5 Å². The van der Waals surface area contributed by atoms with Gasteiger partial charge in [-0.3, -0.25) is 5.73 Å². The third-order valence-electron chi connectivity index (χ3n) is 2.23. The van der Waals surface area contributed by atoms with Gasteiger partial charge in [0.1, 0.15) is 16.6 Å². The predicted octanol–water partition coefficient (Wildman–Crippen LogP) is -0.192. The van der Waals surface area contributed by atoms with Crippen molar-refractivity contribution in [3.05, 3.63) is 29.1 Å². The first-order valence-electron chi connectivity index (χ1n) is 4.75. The highest BCUT2D eigenvalue weighted by molar-refractivity contribution is 7.84. The Kier molecular flexibility index (Phi) is 4.11. The number of sulfonamides is 1. The number of nitrogens with one attached hydrogen (secondary N) is 1. The van der Waals surface area contributed by atoms with E-state index < -0.39 is 15.8 Å². The van der Waals surface area contributed by atoms with E-state index in [0.29, 0.717) is 5.56 Å². The fourth-order valence-corrected chi connectivity index (χ4v) is 2.76. The Morgan fingerprint density at radius 1 is 1.47 bits per heavy atom. The molecule has 0 aliphatic heterocycles. The Morgan fingerprint density at radius 2 is 2.06 bits per heavy atom. The van der Waals surface area contributed by atoms with Crippen molar-refractivity contribution in [1.82, 2.24) is 0 Å². The van der Waals surface area contributed by atoms with Crippen LogP contribution in [0.15, 0.2) is 17.0 Å². The molecule has 0 radical (unpaired) electrons. The Bertz CT molecular complexity index is 570. The molecule has 0 aromatic heterocycles. The Balaban J connectivity index is 3.41. The van der Waals surface area contributed by atoms with Crippen molar-refractivity contribution in [2.24, 2.45) is 5.73 Å². The molecule has 3 N–H and O–H groups in total. The molecule has 0 atom stereocenters. The molecular formula is C10H13ClFN2O2S+. The van der Waals surface area contributed by atoms with E-state index >= 15 is 0 Å². The van der Waals surface area contributed by atoms with Crippen molar-refractivity contribution < 1.29 is 17.2 Å². The average molecular weight is 280 g/mol. The van der Waals surface area contributed by atoms with Crippen molar-refractivity contribution in [3.63, 3.8) is 0 Å². The first-order chi connectivity index (χ1) is 7.79. The van der Waals surface area contributed by atoms with Crippen molar-refractivity contribution in [1.29, 1.82) is 0 Å². The summed E-state index contributed by atoms with van der Waals surface area (Å²) in [5, 5.41) is 0. The van der Waals surface area contributed by atoms with Crippen molar-refractivity contribution in [2.75, 3.05) is 5.88 Å². The molecule has 0 aliphatic carbocycles. The second-order valence-corrected chi connectivity index (χ2v) is 5.50. The zero-order chi connectivity index (χ0) is 13.2. The molecule has 7 heteroatoms. The molecule has 1 aromatic carbocycles. The lowest BCUT2D eigenvalue weighted by Gasteiger charge is -2.05. The van der Waals surface area contributed by atoms with E-state index in [-0.39, 0.29) is 22.2 Å². The lowest BCUT2D eigenvalue weighted by atomic mass is 10.1. The summed E-state index contributed by atoms with van der Waals surface area (Å²) in [6, 6.07) is 2.73. The van der Waals surface area contributed by atoms with E-state index in [1.165, 1.54) is 19.1 Å². The maximum absolute atomic E-state index is 13.6. The maximum atomic E-state index is 13.6. The molecule has 0 saturated carbocycles. The molecule has 4 nitrogen and oxygen atoms in total. The molecule has 1 rings (SSSR count). The van der Waals surface area contributed by atoms with Gasteiger partial charge >= 0.3 is 10.0 Å². The van der Waals surface area contributed by atoms with E-state index in [1.54, 1.807) is 6.92 Å². The van der Waals surface area contributed by atoms with E-state index in [2.05, 4.69) is 4.40 Å². The van der Waals surface area contributed by atoms with E-state index in [4.69, 9.17) is 17.3 Å². The molecule has 0 saturated heterocycles. The molecule has 0 unspecified atom stereocenters. The number of rotatable bonds is 3. The summed E-state index contributed by atoms with van der Waals surface area (Å²) in [5.74, 6) is -0.795. The summed E-state index contributed by atoms with van der Waals surface area (Å²) < 4.78 is 39.4. The fraction of sp³-hybridized carbons (Fsp3) is 0.300. The summed E-state index contributed by atoms with van der Waals surface area (Å²) >= 11 is 5.38. The topological polar surface area (TPSA) is 74.1 Å². The zero-order valence-electron chi connectivity index (χ0n) is 9.42. The highest BCUT2D eigenvalue weighted by atomic mass is 35.5. The number of amidine groups is 1. The van der Waals surface area contributed by atoms with Crippen LogP contribution >= 0.6 is 11.6 Å². The Hall–Kier alpha value is -1.14. The number of aryl methyl sites for hydroxylation is 1. The van der Waals surface area contributed by atoms with Gasteiger partial charge in [0, 0.05) is 5.56 Å². The average Bonchev–Trinajstić information content (AvgIpc) is 2.24. The van der Waals surface area contributed by atoms with Crippen molar-refractivity contribution in [3.8, 4) is 0 Å². The van der Waals surface area contributed by atoms with Crippen LogP contribution in [0.25, 0.3) is 0 Å². The third-order valence-corrected chi connectivity index (χ3v) is 4.07. The number of hydrogen-bond donors (Lipinski definition) is 2. The van der Waals surface area contributed by atoms with Gasteiger partial charge in [0.15, 0.2) is 0 Å². The third kappa shape index (κ3) is 2.95. The van der Waals surface area contributed by atoms with Gasteiger partial charge in [-0.25, -0.2) is 4.39 Å². The molecule has 17 heavy (non-hydrogen) atoms. The SMILES string of the molecule is Cc1ccc(S(=O)(=O)[NH+]=C(N)CCl)c(C)c1F. The minimum atomic E-state index is -3.88. The van der Waals surface area contributed by atoms with E-state index in [9.17, 15) is 12.8 Å². The lowest BCUT2D eigenvalue weighted by molar-refractivity contribution is -0.269. The van der Waals surface area contributed by atoms with Gasteiger partial charge in [0.25, 0.3) is 5.84 Å². The van der Waals surface area contributed by atoms with Crippen LogP contribution < -0.4 is 10.1 Å². The van der Waals surface area contributed by atoms with E-state index in [1.807, 2.05) is 0 Å². The summed E-state index contributed by atoms with van der Waals surface area (Å²) in [4.78, 5) is -0.145. The normalized spacial score (nSPS) is 12.8. The first kappa shape index (κ1) is 13.9. The van der Waals surface area contributed by atoms with Crippen LogP contribution in [0.1, 0.15) is 11.1 Å². The van der Waals surface area contributed by atoms with Crippen LogP contribution in [0.2, 0.25) is 0 Å². The number of halogens is 2. The van der Waals surface area contributed by atoms with Crippen LogP contribution in [0, 0.1) is 19.7 Å². The van der Waals surface area contributed by atoms with Gasteiger partial charge in [-0.1, -0.05) is 6.07 Å². The van der Waals surface area contributed by atoms with Crippen LogP contribution in [-0.4, -0.2) is 20.1 Å². The number of hydrogen-bond acceptors (Lipinski definition) is 2. The molecule has 0 aliphatic rings. The summed E-state index contributed by atoms with van der Waals surface area (Å²) in [6.07, 6.45) is 0. The number of alkyl halides is 1. The molecule has 0 heterocycles. The molecule has 0 bridgehead atoms. The Labute approximate surface area is 104 Å². The standard InChI is InChI=1S/C10H12ClFN2O2S/c1-6-3-4-8(7(2)10(6)12)17(15,16)14-9(13)5-11/h3-4H,5H2,1-2H3,(H2,13,14)/p+1. The van der Waals surface area contributed by atoms with Crippen molar-refractivity contribution >= 4 is 27.5 Å². The van der Waals surface area contributed by atoms with Crippen LogP contribution in [0.5, 0.6) is 0 Å². The smallest absolute Gasteiger partial charge is 0.289 e. The van der Waals surface area contributed by atoms with Gasteiger partial charge in [-0.2, -0.15) is 12.8 Å². The second kappa shape index (κ2) is 5.01. The molecule has 1 aromatic rings. The minimum absolute atomic E-state index is 0.0554. The summed E-state index contributed by atoms with van der Waals surface area (Å²) in [6.45, 7) is 2.96. The minimum Gasteiger partial charge on any atom is -0.289 e. The van der Waals surface area contributed by atoms with Gasteiger partial charge in [0.2, 0.25) is 0 Å². The first-order valence-corrected chi connectivity index (χ1v) is 6.77. The predicted molar refractivity (Wildman–Crippen MR) is 63.9 cm³/mol. The zero-order valence-corrected chi connectivity index (χ0v) is 11.0. The molecule has 0 spiro atoms. The van der Waals surface area contributed by atoms with Gasteiger partial charge in [-0.15, -0.1) is 11.6 Å². The number of benzene rings is 1.